The number of rotatable bonds is 3. The summed E-state index contributed by atoms with van der Waals surface area (Å²) in [6.07, 6.45) is 1.56. The van der Waals surface area contributed by atoms with E-state index in [0.29, 0.717) is 12.4 Å². The first-order valence-electron chi connectivity index (χ1n) is 3.63. The van der Waals surface area contributed by atoms with Crippen LogP contribution in [0.3, 0.4) is 0 Å². The van der Waals surface area contributed by atoms with Crippen LogP contribution in [0.2, 0.25) is 0 Å². The summed E-state index contributed by atoms with van der Waals surface area (Å²) in [6, 6.07) is 0. The summed E-state index contributed by atoms with van der Waals surface area (Å²) in [7, 11) is 0.916. The first-order valence-corrected chi connectivity index (χ1v) is 3.63. The Morgan fingerprint density at radius 2 is 2.50 bits per heavy atom. The van der Waals surface area contributed by atoms with Gasteiger partial charge < -0.3 is 0 Å². The van der Waals surface area contributed by atoms with Gasteiger partial charge in [-0.1, -0.05) is 0 Å². The summed E-state index contributed by atoms with van der Waals surface area (Å²) in [5.41, 5.74) is 0. The molecule has 0 aromatic heterocycles. The molecule has 1 atom stereocenters. The van der Waals surface area contributed by atoms with E-state index >= 15 is 0 Å². The third-order valence-electron chi connectivity index (χ3n) is 1.96. The Labute approximate surface area is 61.3 Å². The van der Waals surface area contributed by atoms with Gasteiger partial charge in [-0.2, -0.15) is 0 Å². The van der Waals surface area contributed by atoms with E-state index in [1.54, 1.807) is 0 Å². The number of hydrogen-bond acceptors (Lipinski definition) is 3. The van der Waals surface area contributed by atoms with Crippen molar-refractivity contribution in [1.82, 2.24) is 4.90 Å². The van der Waals surface area contributed by atoms with E-state index in [1.165, 1.54) is 0 Å². The average molecular weight is 141 g/mol. The second kappa shape index (κ2) is 3.83. The summed E-state index contributed by atoms with van der Waals surface area (Å²) in [4.78, 5) is 2.06. The normalized spacial score (nSPS) is 26.7. The predicted molar refractivity (Wildman–Crippen MR) is 38.1 cm³/mol. The number of likely N-dealkylation sites (tertiary alicyclic amines) is 1. The van der Waals surface area contributed by atoms with E-state index in [1.807, 2.05) is 0 Å². The van der Waals surface area contributed by atoms with E-state index in [0.717, 1.165) is 26.7 Å². The van der Waals surface area contributed by atoms with Crippen LogP contribution in [-0.2, 0) is 4.70 Å². The van der Waals surface area contributed by atoms with E-state index in [4.69, 9.17) is 5.11 Å². The minimum atomic E-state index is 0.259. The van der Waals surface area contributed by atoms with Crippen LogP contribution in [0.15, 0.2) is 0 Å². The van der Waals surface area contributed by atoms with Gasteiger partial charge in [-0.05, 0) is 0 Å². The molecule has 10 heavy (non-hydrogen) atoms. The minimum absolute atomic E-state index is 0.259. The van der Waals surface area contributed by atoms with Crippen molar-refractivity contribution in [2.45, 2.75) is 6.42 Å². The Morgan fingerprint density at radius 3 is 3.00 bits per heavy atom. The molecule has 1 aliphatic heterocycles. The van der Waals surface area contributed by atoms with Gasteiger partial charge in [-0.3, -0.25) is 0 Å². The number of nitrogens with zero attached hydrogens (tertiary/aromatic N) is 1. The number of aliphatic hydroxyl groups is 1. The molecule has 0 saturated carbocycles. The molecule has 1 rings (SSSR count). The van der Waals surface area contributed by atoms with Crippen LogP contribution in [0.1, 0.15) is 6.42 Å². The molecule has 0 aromatic rings. The van der Waals surface area contributed by atoms with Crippen LogP contribution in [-0.4, -0.2) is 43.3 Å². The monoisotopic (exact) mass is 141 g/mol. The van der Waals surface area contributed by atoms with Crippen molar-refractivity contribution in [3.8, 4) is 0 Å². The third-order valence-corrected chi connectivity index (χ3v) is 1.96. The molecular formula is C6H12BNO2. The Bertz CT molecular complexity index is 120. The van der Waals surface area contributed by atoms with Crippen molar-refractivity contribution in [3.05, 3.63) is 0 Å². The first kappa shape index (κ1) is 7.89. The molecule has 4 heteroatoms. The third kappa shape index (κ3) is 1.89. The fraction of sp³-hybridized carbons (Fsp3) is 1.00. The van der Waals surface area contributed by atoms with Crippen molar-refractivity contribution >= 4 is 7.15 Å². The predicted octanol–water partition coefficient (Wildman–Crippen LogP) is -0.692. The summed E-state index contributed by atoms with van der Waals surface area (Å²) in [5, 5.41) is 8.74. The van der Waals surface area contributed by atoms with Gasteiger partial charge >= 0.3 is 60.3 Å². The second-order valence-electron chi connectivity index (χ2n) is 2.76. The topological polar surface area (TPSA) is 40.5 Å². The fourth-order valence-electron chi connectivity index (χ4n) is 1.33. The van der Waals surface area contributed by atoms with E-state index in [9.17, 15) is 4.70 Å². The van der Waals surface area contributed by atoms with Gasteiger partial charge in [0.2, 0.25) is 0 Å². The zero-order valence-corrected chi connectivity index (χ0v) is 5.99. The fourth-order valence-corrected chi connectivity index (χ4v) is 1.33. The molecule has 1 unspecified atom stereocenters. The van der Waals surface area contributed by atoms with Crippen molar-refractivity contribution in [2.75, 3.05) is 26.1 Å². The Hall–Kier alpha value is -0.215. The van der Waals surface area contributed by atoms with Gasteiger partial charge in [0.15, 0.2) is 0 Å². The van der Waals surface area contributed by atoms with Crippen molar-refractivity contribution in [1.29, 1.82) is 0 Å². The van der Waals surface area contributed by atoms with E-state index < -0.39 is 0 Å². The maximum absolute atomic E-state index is 10.1. The van der Waals surface area contributed by atoms with Crippen molar-refractivity contribution in [2.24, 2.45) is 5.92 Å². The average Bonchev–Trinajstić information content (AvgIpc) is 2.37. The molecular weight excluding hydrogens is 129 g/mol. The molecule has 0 aromatic carbocycles. The molecule has 0 spiro atoms. The maximum atomic E-state index is 10.1. The summed E-state index contributed by atoms with van der Waals surface area (Å²) < 4.78 is 10.1. The SMILES string of the molecule is O=BCN1CCC(CO)C1. The Morgan fingerprint density at radius 1 is 1.70 bits per heavy atom. The summed E-state index contributed by atoms with van der Waals surface area (Å²) in [6.45, 7) is 2.11. The van der Waals surface area contributed by atoms with Gasteiger partial charge in [0.05, 0.1) is 0 Å². The standard InChI is InChI=1S/C6H12BNO2/c9-4-6-1-2-8(3-6)5-7-10/h6,9H,1-5H2. The molecule has 1 aliphatic rings. The molecule has 56 valence electrons. The quantitative estimate of drug-likeness (QED) is 0.528. The summed E-state index contributed by atoms with van der Waals surface area (Å²) in [5.74, 6) is 0.403. The molecule has 1 N–H and O–H groups in total. The summed E-state index contributed by atoms with van der Waals surface area (Å²) >= 11 is 0. The van der Waals surface area contributed by atoms with Gasteiger partial charge in [0.1, 0.15) is 0 Å². The second-order valence-corrected chi connectivity index (χ2v) is 2.76. The molecule has 1 fully saturated rings. The molecule has 1 saturated heterocycles. The van der Waals surface area contributed by atoms with E-state index in [-0.39, 0.29) is 6.61 Å². The molecule has 0 amide bonds. The first-order chi connectivity index (χ1) is 4.86. The van der Waals surface area contributed by atoms with Crippen molar-refractivity contribution in [3.63, 3.8) is 0 Å². The zero-order valence-electron chi connectivity index (χ0n) is 5.99. The van der Waals surface area contributed by atoms with Crippen LogP contribution in [0.25, 0.3) is 0 Å². The van der Waals surface area contributed by atoms with Gasteiger partial charge in [0, 0.05) is 0 Å². The van der Waals surface area contributed by atoms with Crippen molar-refractivity contribution < 1.29 is 9.81 Å². The van der Waals surface area contributed by atoms with Crippen LogP contribution < -0.4 is 0 Å². The van der Waals surface area contributed by atoms with Gasteiger partial charge in [0.25, 0.3) is 0 Å². The molecule has 0 aliphatic carbocycles. The molecule has 0 radical (unpaired) electrons. The van der Waals surface area contributed by atoms with Gasteiger partial charge in [-0.15, -0.1) is 0 Å². The number of hydrogen-bond donors (Lipinski definition) is 1. The Balaban J connectivity index is 2.21. The van der Waals surface area contributed by atoms with Crippen LogP contribution >= 0.6 is 0 Å². The van der Waals surface area contributed by atoms with Crippen LogP contribution in [0, 0.1) is 5.92 Å². The van der Waals surface area contributed by atoms with Crippen LogP contribution in [0.5, 0.6) is 0 Å². The van der Waals surface area contributed by atoms with E-state index in [2.05, 4.69) is 4.90 Å². The molecule has 1 heterocycles. The zero-order chi connectivity index (χ0) is 7.40. The molecule has 3 nitrogen and oxygen atoms in total. The van der Waals surface area contributed by atoms with Crippen LogP contribution in [0.4, 0.5) is 0 Å². The molecule has 0 bridgehead atoms. The Kier molecular flexibility index (Phi) is 3.02. The van der Waals surface area contributed by atoms with Gasteiger partial charge in [-0.25, -0.2) is 0 Å². The number of aliphatic hydroxyl groups excluding tert-OH is 1.